The van der Waals surface area contributed by atoms with Crippen molar-refractivity contribution in [2.24, 2.45) is 5.41 Å². The minimum atomic E-state index is -0.194. The summed E-state index contributed by atoms with van der Waals surface area (Å²) in [5, 5.41) is 9.03. The Morgan fingerprint density at radius 1 is 1.40 bits per heavy atom. The Labute approximate surface area is 126 Å². The molecule has 0 amide bonds. The van der Waals surface area contributed by atoms with Gasteiger partial charge in [-0.3, -0.25) is 0 Å². The number of nitrogens with zero attached hydrogens (tertiary/aromatic N) is 2. The normalized spacial score (nSPS) is 14.8. The number of unbranched alkanes of at least 4 members (excludes halogenated alkanes) is 1. The Hall–Kier alpha value is -1.34. The van der Waals surface area contributed by atoms with Crippen LogP contribution in [-0.2, 0) is 0 Å². The Morgan fingerprint density at radius 3 is 2.95 bits per heavy atom. The number of rotatable bonds is 5. The molecule has 0 saturated carbocycles. The Morgan fingerprint density at radius 2 is 2.20 bits per heavy atom. The molecule has 4 heteroatoms. The van der Waals surface area contributed by atoms with Gasteiger partial charge in [0.25, 0.3) is 0 Å². The Kier molecular flexibility index (Phi) is 4.82. The van der Waals surface area contributed by atoms with E-state index in [1.807, 2.05) is 31.7 Å². The predicted molar refractivity (Wildman–Crippen MR) is 87.0 cm³/mol. The maximum atomic E-state index is 9.03. The molecule has 0 fully saturated rings. The summed E-state index contributed by atoms with van der Waals surface area (Å²) in [6.07, 6.45) is 3.20. The topological polar surface area (TPSA) is 53.0 Å². The van der Waals surface area contributed by atoms with Crippen LogP contribution in [-0.4, -0.2) is 18.8 Å². The van der Waals surface area contributed by atoms with Crippen LogP contribution in [0, 0.1) is 16.7 Å². The highest BCUT2D eigenvalue weighted by Crippen LogP contribution is 2.36. The lowest BCUT2D eigenvalue weighted by atomic mass is 9.89. The van der Waals surface area contributed by atoms with Gasteiger partial charge >= 0.3 is 0 Å². The third kappa shape index (κ3) is 3.83. The zero-order valence-electron chi connectivity index (χ0n) is 12.4. The van der Waals surface area contributed by atoms with Gasteiger partial charge in [0.15, 0.2) is 0 Å². The summed E-state index contributed by atoms with van der Waals surface area (Å²) in [5.41, 5.74) is 7.82. The van der Waals surface area contributed by atoms with E-state index < -0.39 is 0 Å². The fourth-order valence-electron chi connectivity index (χ4n) is 2.45. The van der Waals surface area contributed by atoms with Crippen molar-refractivity contribution in [3.8, 4) is 6.07 Å². The average Bonchev–Trinajstić information content (AvgIpc) is 2.44. The van der Waals surface area contributed by atoms with E-state index in [4.69, 9.17) is 11.0 Å². The van der Waals surface area contributed by atoms with Gasteiger partial charge in [0.2, 0.25) is 0 Å². The Balaban J connectivity index is 1.89. The number of anilines is 2. The van der Waals surface area contributed by atoms with Gasteiger partial charge in [0.05, 0.1) is 17.2 Å². The van der Waals surface area contributed by atoms with E-state index in [-0.39, 0.29) is 5.41 Å². The molecule has 1 aliphatic rings. The van der Waals surface area contributed by atoms with E-state index in [1.54, 1.807) is 0 Å². The van der Waals surface area contributed by atoms with Gasteiger partial charge in [-0.25, -0.2) is 0 Å². The summed E-state index contributed by atoms with van der Waals surface area (Å²) in [4.78, 5) is 3.77. The molecule has 1 aliphatic heterocycles. The zero-order chi connectivity index (χ0) is 14.6. The molecule has 2 rings (SSSR count). The fourth-order valence-corrected chi connectivity index (χ4v) is 3.48. The SMILES string of the molecule is CC(C)(C#N)CCCCN1CCSc2ccc(N)cc21. The van der Waals surface area contributed by atoms with E-state index >= 15 is 0 Å². The molecule has 0 atom stereocenters. The van der Waals surface area contributed by atoms with E-state index in [0.717, 1.165) is 43.8 Å². The smallest absolute Gasteiger partial charge is 0.0683 e. The monoisotopic (exact) mass is 289 g/mol. The molecule has 0 saturated heterocycles. The summed E-state index contributed by atoms with van der Waals surface area (Å²) >= 11 is 1.91. The number of fused-ring (bicyclic) bond motifs is 1. The molecule has 0 aliphatic carbocycles. The third-order valence-electron chi connectivity index (χ3n) is 3.72. The van der Waals surface area contributed by atoms with Gasteiger partial charge in [-0.15, -0.1) is 11.8 Å². The van der Waals surface area contributed by atoms with E-state index in [9.17, 15) is 0 Å². The van der Waals surface area contributed by atoms with Crippen LogP contribution in [0.3, 0.4) is 0 Å². The molecule has 108 valence electrons. The third-order valence-corrected chi connectivity index (χ3v) is 4.77. The Bertz CT molecular complexity index is 505. The minimum Gasteiger partial charge on any atom is -0.399 e. The van der Waals surface area contributed by atoms with Crippen LogP contribution in [0.2, 0.25) is 0 Å². The first-order valence-electron chi connectivity index (χ1n) is 7.20. The average molecular weight is 289 g/mol. The number of nitriles is 1. The summed E-state index contributed by atoms with van der Waals surface area (Å²) in [7, 11) is 0. The number of hydrogen-bond donors (Lipinski definition) is 1. The van der Waals surface area contributed by atoms with Crippen LogP contribution in [0.1, 0.15) is 33.1 Å². The van der Waals surface area contributed by atoms with Crippen molar-refractivity contribution in [2.45, 2.75) is 38.0 Å². The first-order chi connectivity index (χ1) is 9.52. The minimum absolute atomic E-state index is 0.194. The maximum Gasteiger partial charge on any atom is 0.0683 e. The number of nitrogen functional groups attached to an aromatic ring is 1. The van der Waals surface area contributed by atoms with Crippen LogP contribution in [0.15, 0.2) is 23.1 Å². The van der Waals surface area contributed by atoms with Crippen LogP contribution >= 0.6 is 11.8 Å². The molecule has 0 aromatic heterocycles. The first-order valence-corrected chi connectivity index (χ1v) is 8.19. The van der Waals surface area contributed by atoms with Crippen molar-refractivity contribution >= 4 is 23.1 Å². The van der Waals surface area contributed by atoms with Gasteiger partial charge < -0.3 is 10.6 Å². The molecule has 1 aromatic rings. The lowest BCUT2D eigenvalue weighted by Crippen LogP contribution is -2.30. The maximum absolute atomic E-state index is 9.03. The van der Waals surface area contributed by atoms with Crippen LogP contribution < -0.4 is 10.6 Å². The molecular formula is C16H23N3S. The van der Waals surface area contributed by atoms with Gasteiger partial charge in [0, 0.05) is 29.4 Å². The highest BCUT2D eigenvalue weighted by atomic mass is 32.2. The van der Waals surface area contributed by atoms with E-state index in [0.29, 0.717) is 0 Å². The van der Waals surface area contributed by atoms with Crippen molar-refractivity contribution in [2.75, 3.05) is 29.5 Å². The van der Waals surface area contributed by atoms with Crippen molar-refractivity contribution in [1.29, 1.82) is 5.26 Å². The van der Waals surface area contributed by atoms with Crippen molar-refractivity contribution in [1.82, 2.24) is 0 Å². The molecule has 1 heterocycles. The molecule has 20 heavy (non-hydrogen) atoms. The summed E-state index contributed by atoms with van der Waals surface area (Å²) < 4.78 is 0. The second kappa shape index (κ2) is 6.41. The van der Waals surface area contributed by atoms with Crippen molar-refractivity contribution in [3.05, 3.63) is 18.2 Å². The molecule has 0 radical (unpaired) electrons. The molecule has 3 nitrogen and oxygen atoms in total. The zero-order valence-corrected chi connectivity index (χ0v) is 13.2. The molecular weight excluding hydrogens is 266 g/mol. The molecule has 2 N–H and O–H groups in total. The number of benzene rings is 1. The standard InChI is InChI=1S/C16H23N3S/c1-16(2,12-17)7-3-4-8-19-9-10-20-15-6-5-13(18)11-14(15)19/h5-6,11H,3-4,7-10,18H2,1-2H3. The first kappa shape index (κ1) is 15.1. The highest BCUT2D eigenvalue weighted by molar-refractivity contribution is 7.99. The van der Waals surface area contributed by atoms with Crippen molar-refractivity contribution in [3.63, 3.8) is 0 Å². The summed E-state index contributed by atoms with van der Waals surface area (Å²) in [6, 6.07) is 8.56. The van der Waals surface area contributed by atoms with Gasteiger partial charge in [0.1, 0.15) is 0 Å². The molecule has 0 bridgehead atoms. The quantitative estimate of drug-likeness (QED) is 0.660. The second-order valence-electron chi connectivity index (χ2n) is 6.02. The van der Waals surface area contributed by atoms with Crippen LogP contribution in [0.25, 0.3) is 0 Å². The van der Waals surface area contributed by atoms with Gasteiger partial charge in [-0.05, 0) is 44.9 Å². The lowest BCUT2D eigenvalue weighted by molar-refractivity contribution is 0.427. The number of nitrogens with two attached hydrogens (primary N) is 1. The summed E-state index contributed by atoms with van der Waals surface area (Å²) in [6.45, 7) is 6.17. The fraction of sp³-hybridized carbons (Fsp3) is 0.562. The summed E-state index contributed by atoms with van der Waals surface area (Å²) in [5.74, 6) is 1.14. The predicted octanol–water partition coefficient (Wildman–Crippen LogP) is 3.90. The number of hydrogen-bond acceptors (Lipinski definition) is 4. The lowest BCUT2D eigenvalue weighted by Gasteiger charge is -2.31. The second-order valence-corrected chi connectivity index (χ2v) is 7.15. The highest BCUT2D eigenvalue weighted by Gasteiger charge is 2.19. The number of thioether (sulfide) groups is 1. The molecule has 0 unspecified atom stereocenters. The largest absolute Gasteiger partial charge is 0.399 e. The molecule has 0 spiro atoms. The van der Waals surface area contributed by atoms with Gasteiger partial charge in [-0.1, -0.05) is 6.42 Å². The van der Waals surface area contributed by atoms with Crippen molar-refractivity contribution < 1.29 is 0 Å². The van der Waals surface area contributed by atoms with E-state index in [2.05, 4.69) is 23.1 Å². The van der Waals surface area contributed by atoms with Crippen LogP contribution in [0.4, 0.5) is 11.4 Å². The van der Waals surface area contributed by atoms with Crippen LogP contribution in [0.5, 0.6) is 0 Å². The van der Waals surface area contributed by atoms with Gasteiger partial charge in [-0.2, -0.15) is 5.26 Å². The van der Waals surface area contributed by atoms with E-state index in [1.165, 1.54) is 10.6 Å². The molecule has 1 aromatic carbocycles.